The molecule has 1 heterocycles. The number of halogens is 3. The summed E-state index contributed by atoms with van der Waals surface area (Å²) in [6.45, 7) is 0.136. The van der Waals surface area contributed by atoms with Crippen LogP contribution in [-0.4, -0.2) is 15.7 Å². The first-order chi connectivity index (χ1) is 8.86. The van der Waals surface area contributed by atoms with E-state index < -0.39 is 17.8 Å². The van der Waals surface area contributed by atoms with Crippen LogP contribution in [0.15, 0.2) is 36.5 Å². The maximum atomic E-state index is 12.4. The predicted molar refractivity (Wildman–Crippen MR) is 61.3 cm³/mol. The molecule has 0 saturated heterocycles. The molecule has 0 spiro atoms. The van der Waals surface area contributed by atoms with Crippen LogP contribution in [0.5, 0.6) is 0 Å². The van der Waals surface area contributed by atoms with Crippen molar-refractivity contribution in [2.24, 2.45) is 5.73 Å². The number of nitrogens with zero attached hydrogens (tertiary/aromatic N) is 2. The van der Waals surface area contributed by atoms with Gasteiger partial charge >= 0.3 is 6.18 Å². The quantitative estimate of drug-likeness (QED) is 0.927. The fourth-order valence-electron chi connectivity index (χ4n) is 1.61. The molecular formula is C12H10F3N3O. The first-order valence-electron chi connectivity index (χ1n) is 5.35. The van der Waals surface area contributed by atoms with Gasteiger partial charge in [-0.3, -0.25) is 9.48 Å². The van der Waals surface area contributed by atoms with Crippen LogP contribution in [0.1, 0.15) is 21.6 Å². The standard InChI is InChI=1S/C12H10F3N3O/c13-12(14,15)10-4-5-18(17-10)7-8-2-1-3-9(6-8)11(16)19/h1-6H,7H2,(H2,16,19). The van der Waals surface area contributed by atoms with E-state index in [1.807, 2.05) is 0 Å². The number of primary amides is 1. The Labute approximate surface area is 106 Å². The van der Waals surface area contributed by atoms with E-state index in [4.69, 9.17) is 5.73 Å². The summed E-state index contributed by atoms with van der Waals surface area (Å²) in [6.07, 6.45) is -3.22. The number of hydrogen-bond acceptors (Lipinski definition) is 2. The fraction of sp³-hybridized carbons (Fsp3) is 0.167. The smallest absolute Gasteiger partial charge is 0.366 e. The Hall–Kier alpha value is -2.31. The minimum Gasteiger partial charge on any atom is -0.366 e. The zero-order chi connectivity index (χ0) is 14.0. The first kappa shape index (κ1) is 13.1. The summed E-state index contributed by atoms with van der Waals surface area (Å²) in [6, 6.07) is 7.26. The Balaban J connectivity index is 2.19. The number of carbonyl (C=O) groups is 1. The monoisotopic (exact) mass is 269 g/mol. The molecule has 1 aromatic heterocycles. The van der Waals surface area contributed by atoms with E-state index in [-0.39, 0.29) is 6.54 Å². The number of aromatic nitrogens is 2. The SMILES string of the molecule is NC(=O)c1cccc(Cn2ccc(C(F)(F)F)n2)c1. The summed E-state index contributed by atoms with van der Waals surface area (Å²) >= 11 is 0. The lowest BCUT2D eigenvalue weighted by atomic mass is 10.1. The van der Waals surface area contributed by atoms with Gasteiger partial charge in [0, 0.05) is 11.8 Å². The molecule has 4 nitrogen and oxygen atoms in total. The number of carbonyl (C=O) groups excluding carboxylic acids is 1. The molecule has 0 aliphatic carbocycles. The third-order valence-corrected chi connectivity index (χ3v) is 2.49. The second-order valence-corrected chi connectivity index (χ2v) is 3.96. The molecule has 0 atom stereocenters. The summed E-state index contributed by atoms with van der Waals surface area (Å²) in [4.78, 5) is 11.0. The van der Waals surface area contributed by atoms with Gasteiger partial charge in [0.2, 0.25) is 5.91 Å². The molecule has 0 saturated carbocycles. The van der Waals surface area contributed by atoms with Crippen molar-refractivity contribution in [3.63, 3.8) is 0 Å². The van der Waals surface area contributed by atoms with Gasteiger partial charge in [-0.1, -0.05) is 12.1 Å². The number of hydrogen-bond donors (Lipinski definition) is 1. The lowest BCUT2D eigenvalue weighted by Gasteiger charge is -2.04. The third-order valence-electron chi connectivity index (χ3n) is 2.49. The molecule has 7 heteroatoms. The molecule has 0 aliphatic heterocycles. The fourth-order valence-corrected chi connectivity index (χ4v) is 1.61. The second-order valence-electron chi connectivity index (χ2n) is 3.96. The van der Waals surface area contributed by atoms with Crippen LogP contribution in [0.25, 0.3) is 0 Å². The molecule has 1 amide bonds. The van der Waals surface area contributed by atoms with Crippen LogP contribution < -0.4 is 5.73 Å². The van der Waals surface area contributed by atoms with Crippen molar-refractivity contribution >= 4 is 5.91 Å². The van der Waals surface area contributed by atoms with E-state index >= 15 is 0 Å². The zero-order valence-corrected chi connectivity index (χ0v) is 9.69. The van der Waals surface area contributed by atoms with Gasteiger partial charge in [0.15, 0.2) is 5.69 Å². The van der Waals surface area contributed by atoms with E-state index in [2.05, 4.69) is 5.10 Å². The Bertz CT molecular complexity index is 604. The van der Waals surface area contributed by atoms with E-state index in [1.54, 1.807) is 12.1 Å². The zero-order valence-electron chi connectivity index (χ0n) is 9.69. The molecule has 0 bridgehead atoms. The molecular weight excluding hydrogens is 259 g/mol. The highest BCUT2D eigenvalue weighted by atomic mass is 19.4. The first-order valence-corrected chi connectivity index (χ1v) is 5.35. The minimum atomic E-state index is -4.46. The van der Waals surface area contributed by atoms with Crippen molar-refractivity contribution in [3.8, 4) is 0 Å². The number of alkyl halides is 3. The molecule has 0 unspecified atom stereocenters. The Morgan fingerprint density at radius 2 is 2.05 bits per heavy atom. The molecule has 2 rings (SSSR count). The Morgan fingerprint density at radius 3 is 2.63 bits per heavy atom. The highest BCUT2D eigenvalue weighted by Gasteiger charge is 2.33. The Morgan fingerprint density at radius 1 is 1.32 bits per heavy atom. The van der Waals surface area contributed by atoms with Gasteiger partial charge in [-0.15, -0.1) is 0 Å². The third kappa shape index (κ3) is 3.12. The van der Waals surface area contributed by atoms with Crippen molar-refractivity contribution in [2.45, 2.75) is 12.7 Å². The number of amides is 1. The van der Waals surface area contributed by atoms with Crippen molar-refractivity contribution < 1.29 is 18.0 Å². The minimum absolute atomic E-state index is 0.136. The van der Waals surface area contributed by atoms with Crippen LogP contribution in [-0.2, 0) is 12.7 Å². The highest BCUT2D eigenvalue weighted by Crippen LogP contribution is 2.27. The van der Waals surface area contributed by atoms with Crippen molar-refractivity contribution in [2.75, 3.05) is 0 Å². The van der Waals surface area contributed by atoms with Gasteiger partial charge in [-0.2, -0.15) is 18.3 Å². The number of nitrogens with two attached hydrogens (primary N) is 1. The summed E-state index contributed by atoms with van der Waals surface area (Å²) in [5.41, 5.74) is 5.13. The van der Waals surface area contributed by atoms with Crippen molar-refractivity contribution in [1.29, 1.82) is 0 Å². The average Bonchev–Trinajstić information content (AvgIpc) is 2.77. The van der Waals surface area contributed by atoms with Crippen LogP contribution in [0.4, 0.5) is 13.2 Å². The number of benzene rings is 1. The van der Waals surface area contributed by atoms with Gasteiger partial charge in [0.1, 0.15) is 0 Å². The maximum Gasteiger partial charge on any atom is 0.435 e. The maximum absolute atomic E-state index is 12.4. The van der Waals surface area contributed by atoms with E-state index in [0.29, 0.717) is 11.1 Å². The van der Waals surface area contributed by atoms with Crippen LogP contribution in [0, 0.1) is 0 Å². The normalized spacial score (nSPS) is 11.5. The van der Waals surface area contributed by atoms with Gasteiger partial charge in [-0.05, 0) is 23.8 Å². The number of rotatable bonds is 3. The predicted octanol–water partition coefficient (Wildman–Crippen LogP) is 2.05. The van der Waals surface area contributed by atoms with Gasteiger partial charge in [-0.25, -0.2) is 0 Å². The molecule has 2 N–H and O–H groups in total. The topological polar surface area (TPSA) is 60.9 Å². The average molecular weight is 269 g/mol. The van der Waals surface area contributed by atoms with Gasteiger partial charge in [0.05, 0.1) is 6.54 Å². The van der Waals surface area contributed by atoms with Gasteiger partial charge in [0.25, 0.3) is 0 Å². The van der Waals surface area contributed by atoms with Crippen molar-refractivity contribution in [1.82, 2.24) is 9.78 Å². The van der Waals surface area contributed by atoms with Crippen LogP contribution in [0.2, 0.25) is 0 Å². The second kappa shape index (κ2) is 4.75. The van der Waals surface area contributed by atoms with E-state index in [0.717, 1.165) is 10.7 Å². The lowest BCUT2D eigenvalue weighted by molar-refractivity contribution is -0.141. The summed E-state index contributed by atoms with van der Waals surface area (Å²) in [5, 5.41) is 3.43. The molecule has 0 fully saturated rings. The molecule has 0 radical (unpaired) electrons. The highest BCUT2D eigenvalue weighted by molar-refractivity contribution is 5.92. The molecule has 2 aromatic rings. The van der Waals surface area contributed by atoms with Crippen molar-refractivity contribution in [3.05, 3.63) is 53.3 Å². The molecule has 0 aliphatic rings. The largest absolute Gasteiger partial charge is 0.435 e. The van der Waals surface area contributed by atoms with E-state index in [9.17, 15) is 18.0 Å². The summed E-state index contributed by atoms with van der Waals surface area (Å²) < 4.78 is 38.3. The van der Waals surface area contributed by atoms with Crippen LogP contribution in [0.3, 0.4) is 0 Å². The molecule has 19 heavy (non-hydrogen) atoms. The van der Waals surface area contributed by atoms with E-state index in [1.165, 1.54) is 18.3 Å². The molecule has 100 valence electrons. The van der Waals surface area contributed by atoms with Crippen LogP contribution >= 0.6 is 0 Å². The summed E-state index contributed by atoms with van der Waals surface area (Å²) in [7, 11) is 0. The molecule has 1 aromatic carbocycles. The van der Waals surface area contributed by atoms with Gasteiger partial charge < -0.3 is 5.73 Å². The Kier molecular flexibility index (Phi) is 3.28. The summed E-state index contributed by atoms with van der Waals surface area (Å²) in [5.74, 6) is -0.585. The lowest BCUT2D eigenvalue weighted by Crippen LogP contribution is -2.12.